The van der Waals surface area contributed by atoms with E-state index in [2.05, 4.69) is 10.3 Å². The summed E-state index contributed by atoms with van der Waals surface area (Å²) in [5.41, 5.74) is -0.0464. The van der Waals surface area contributed by atoms with Crippen LogP contribution in [-0.2, 0) is 11.0 Å². The highest BCUT2D eigenvalue weighted by Gasteiger charge is 2.30. The number of amides is 1. The van der Waals surface area contributed by atoms with Crippen molar-refractivity contribution in [3.05, 3.63) is 59.5 Å². The molecule has 1 unspecified atom stereocenters. The molecule has 2 aromatic rings. The van der Waals surface area contributed by atoms with Crippen molar-refractivity contribution in [1.82, 2.24) is 10.3 Å². The lowest BCUT2D eigenvalue weighted by Gasteiger charge is -2.23. The van der Waals surface area contributed by atoms with Crippen LogP contribution in [0.15, 0.2) is 47.6 Å². The first-order valence-corrected chi connectivity index (χ1v) is 8.86. The summed E-state index contributed by atoms with van der Waals surface area (Å²) in [4.78, 5) is 15.9. The van der Waals surface area contributed by atoms with Crippen LogP contribution in [0.1, 0.15) is 31.0 Å². The van der Waals surface area contributed by atoms with Crippen LogP contribution in [0.2, 0.25) is 0 Å². The van der Waals surface area contributed by atoms with E-state index in [1.807, 2.05) is 13.8 Å². The molecule has 0 aliphatic carbocycles. The Morgan fingerprint density at radius 3 is 2.31 bits per heavy atom. The normalized spacial score (nSPS) is 12.9. The molecule has 1 amide bonds. The van der Waals surface area contributed by atoms with Crippen LogP contribution in [0.25, 0.3) is 0 Å². The van der Waals surface area contributed by atoms with Gasteiger partial charge in [0.2, 0.25) is 5.91 Å². The first-order valence-electron chi connectivity index (χ1n) is 7.87. The molecule has 1 atom stereocenters. The number of hydrogen-bond donors (Lipinski definition) is 1. The minimum Gasteiger partial charge on any atom is -0.348 e. The summed E-state index contributed by atoms with van der Waals surface area (Å²) in [5.74, 6) is -0.534. The topological polar surface area (TPSA) is 42.0 Å². The zero-order valence-corrected chi connectivity index (χ0v) is 15.0. The lowest BCUT2D eigenvalue weighted by molar-refractivity contribution is -0.137. The van der Waals surface area contributed by atoms with Crippen molar-refractivity contribution in [2.45, 2.75) is 31.1 Å². The van der Waals surface area contributed by atoms with Gasteiger partial charge in [0, 0.05) is 6.20 Å². The van der Waals surface area contributed by atoms with E-state index in [0.717, 1.165) is 29.6 Å². The number of hydrogen-bond acceptors (Lipinski definition) is 3. The summed E-state index contributed by atoms with van der Waals surface area (Å²) in [6.07, 6.45) is -3.69. The predicted molar refractivity (Wildman–Crippen MR) is 92.1 cm³/mol. The fraction of sp³-hybridized carbons (Fsp3) is 0.333. The second-order valence-corrected chi connectivity index (χ2v) is 7.01. The summed E-state index contributed by atoms with van der Waals surface area (Å²) in [6.45, 7) is 3.86. The molecule has 0 bridgehead atoms. The highest BCUT2D eigenvalue weighted by Crippen LogP contribution is 2.29. The highest BCUT2D eigenvalue weighted by atomic mass is 32.2. The number of halogens is 4. The monoisotopic (exact) mass is 386 g/mol. The zero-order valence-electron chi connectivity index (χ0n) is 14.2. The number of thioether (sulfide) groups is 1. The summed E-state index contributed by atoms with van der Waals surface area (Å²) in [7, 11) is 0. The van der Waals surface area contributed by atoms with Crippen LogP contribution < -0.4 is 5.32 Å². The number of rotatable bonds is 6. The summed E-state index contributed by atoms with van der Waals surface area (Å²) in [5, 5.41) is 3.20. The highest BCUT2D eigenvalue weighted by molar-refractivity contribution is 7.99. The number of benzene rings is 1. The minimum atomic E-state index is -4.44. The Balaban J connectivity index is 1.95. The van der Waals surface area contributed by atoms with Crippen molar-refractivity contribution in [1.29, 1.82) is 0 Å². The molecule has 2 rings (SSSR count). The SMILES string of the molecule is CC(C)C(NC(=O)CSc1ccc(C(F)(F)F)cn1)c1ccc(F)cc1. The van der Waals surface area contributed by atoms with Gasteiger partial charge in [-0.05, 0) is 35.7 Å². The third-order valence-corrected chi connectivity index (χ3v) is 4.57. The molecule has 0 fully saturated rings. The Labute approximate surface area is 153 Å². The van der Waals surface area contributed by atoms with E-state index < -0.39 is 11.7 Å². The lowest BCUT2D eigenvalue weighted by atomic mass is 9.96. The van der Waals surface area contributed by atoms with Gasteiger partial charge in [-0.25, -0.2) is 9.37 Å². The Bertz CT molecular complexity index is 730. The molecule has 0 spiro atoms. The van der Waals surface area contributed by atoms with Crippen molar-refractivity contribution in [3.63, 3.8) is 0 Å². The molecule has 0 saturated carbocycles. The maximum Gasteiger partial charge on any atom is 0.417 e. The standard InChI is InChI=1S/C18H18F4N2OS/c1-11(2)17(12-3-6-14(19)7-4-12)24-15(25)10-26-16-8-5-13(9-23-16)18(20,21)22/h3-9,11,17H,10H2,1-2H3,(H,24,25). The number of pyridine rings is 1. The van der Waals surface area contributed by atoms with E-state index in [1.54, 1.807) is 12.1 Å². The van der Waals surface area contributed by atoms with Crippen LogP contribution >= 0.6 is 11.8 Å². The summed E-state index contributed by atoms with van der Waals surface area (Å²) >= 11 is 1.05. The zero-order chi connectivity index (χ0) is 19.3. The molecule has 0 aliphatic rings. The average Bonchev–Trinajstić information content (AvgIpc) is 2.58. The molecule has 26 heavy (non-hydrogen) atoms. The van der Waals surface area contributed by atoms with Gasteiger partial charge in [0.15, 0.2) is 0 Å². The third kappa shape index (κ3) is 5.72. The van der Waals surface area contributed by atoms with Crippen LogP contribution in [-0.4, -0.2) is 16.6 Å². The predicted octanol–water partition coefficient (Wildman–Crippen LogP) is 4.85. The fourth-order valence-corrected chi connectivity index (χ4v) is 2.95. The molecule has 0 radical (unpaired) electrons. The maximum atomic E-state index is 13.1. The molecule has 0 saturated heterocycles. The molecule has 1 heterocycles. The average molecular weight is 386 g/mol. The second-order valence-electron chi connectivity index (χ2n) is 6.01. The van der Waals surface area contributed by atoms with Crippen LogP contribution in [0.3, 0.4) is 0 Å². The molecule has 140 valence electrons. The Hall–Kier alpha value is -2.09. The van der Waals surface area contributed by atoms with Crippen LogP contribution in [0, 0.1) is 11.7 Å². The Morgan fingerprint density at radius 2 is 1.81 bits per heavy atom. The van der Waals surface area contributed by atoms with E-state index >= 15 is 0 Å². The van der Waals surface area contributed by atoms with Crippen molar-refractivity contribution in [3.8, 4) is 0 Å². The van der Waals surface area contributed by atoms with Gasteiger partial charge in [-0.3, -0.25) is 4.79 Å². The smallest absolute Gasteiger partial charge is 0.348 e. The number of nitrogens with one attached hydrogen (secondary N) is 1. The lowest BCUT2D eigenvalue weighted by Crippen LogP contribution is -2.33. The van der Waals surface area contributed by atoms with Gasteiger partial charge < -0.3 is 5.32 Å². The van der Waals surface area contributed by atoms with Gasteiger partial charge >= 0.3 is 6.18 Å². The molecule has 1 aromatic heterocycles. The van der Waals surface area contributed by atoms with Gasteiger partial charge in [-0.1, -0.05) is 37.7 Å². The van der Waals surface area contributed by atoms with Crippen molar-refractivity contribution < 1.29 is 22.4 Å². The Kier molecular flexibility index (Phi) is 6.63. The largest absolute Gasteiger partial charge is 0.417 e. The van der Waals surface area contributed by atoms with E-state index in [-0.39, 0.29) is 29.4 Å². The molecule has 3 nitrogen and oxygen atoms in total. The van der Waals surface area contributed by atoms with Crippen molar-refractivity contribution in [2.24, 2.45) is 5.92 Å². The first-order chi connectivity index (χ1) is 12.2. The minimum absolute atomic E-state index is 0.0166. The van der Waals surface area contributed by atoms with Gasteiger partial charge in [0.1, 0.15) is 5.82 Å². The van der Waals surface area contributed by atoms with Gasteiger partial charge in [-0.2, -0.15) is 13.2 Å². The van der Waals surface area contributed by atoms with Gasteiger partial charge in [-0.15, -0.1) is 0 Å². The maximum absolute atomic E-state index is 13.1. The van der Waals surface area contributed by atoms with E-state index in [4.69, 9.17) is 0 Å². The van der Waals surface area contributed by atoms with Gasteiger partial charge in [0.25, 0.3) is 0 Å². The number of carbonyl (C=O) groups excluding carboxylic acids is 1. The first kappa shape index (κ1) is 20.2. The molecular weight excluding hydrogens is 368 g/mol. The molecule has 1 N–H and O–H groups in total. The van der Waals surface area contributed by atoms with Crippen molar-refractivity contribution >= 4 is 17.7 Å². The van der Waals surface area contributed by atoms with E-state index in [0.29, 0.717) is 5.03 Å². The Morgan fingerprint density at radius 1 is 1.15 bits per heavy atom. The number of aromatic nitrogens is 1. The molecule has 1 aromatic carbocycles. The number of nitrogens with zero attached hydrogens (tertiary/aromatic N) is 1. The van der Waals surface area contributed by atoms with Crippen molar-refractivity contribution in [2.75, 3.05) is 5.75 Å². The number of alkyl halides is 3. The third-order valence-electron chi connectivity index (χ3n) is 3.63. The summed E-state index contributed by atoms with van der Waals surface area (Å²) in [6, 6.07) is 7.78. The molecule has 8 heteroatoms. The molecular formula is C18H18F4N2OS. The van der Waals surface area contributed by atoms with Crippen LogP contribution in [0.5, 0.6) is 0 Å². The van der Waals surface area contributed by atoms with E-state index in [1.165, 1.54) is 18.2 Å². The van der Waals surface area contributed by atoms with E-state index in [9.17, 15) is 22.4 Å². The van der Waals surface area contributed by atoms with Gasteiger partial charge in [0.05, 0.1) is 22.4 Å². The second kappa shape index (κ2) is 8.53. The summed E-state index contributed by atoms with van der Waals surface area (Å²) < 4.78 is 50.6. The molecule has 0 aliphatic heterocycles. The van der Waals surface area contributed by atoms with Crippen LogP contribution in [0.4, 0.5) is 17.6 Å². The number of carbonyl (C=O) groups is 1. The quantitative estimate of drug-likeness (QED) is 0.570. The fourth-order valence-electron chi connectivity index (χ4n) is 2.29.